The molecular formula is C20H19FN4O2. The first-order valence-electron chi connectivity index (χ1n) is 8.91. The fraction of sp³-hybridized carbons (Fsp3) is 0.250. The van der Waals surface area contributed by atoms with Crippen LogP contribution in [-0.2, 0) is 16.0 Å². The smallest absolute Gasteiger partial charge is 0.228 e. The molecule has 0 saturated heterocycles. The molecule has 0 spiro atoms. The number of carbonyl (C=O) groups excluding carboxylic acids is 2. The number of imidazole rings is 1. The van der Waals surface area contributed by atoms with Crippen molar-refractivity contribution in [3.63, 3.8) is 0 Å². The van der Waals surface area contributed by atoms with Crippen LogP contribution in [0.2, 0.25) is 0 Å². The zero-order valence-corrected chi connectivity index (χ0v) is 14.6. The number of benzene rings is 2. The third kappa shape index (κ3) is 3.67. The van der Waals surface area contributed by atoms with Crippen molar-refractivity contribution in [1.29, 1.82) is 0 Å². The van der Waals surface area contributed by atoms with E-state index in [1.165, 1.54) is 12.1 Å². The molecule has 0 radical (unpaired) electrons. The predicted octanol–water partition coefficient (Wildman–Crippen LogP) is 2.88. The lowest BCUT2D eigenvalue weighted by Crippen LogP contribution is -2.35. The molecule has 1 aliphatic rings. The molecule has 1 atom stereocenters. The molecule has 0 saturated carbocycles. The molecule has 2 heterocycles. The van der Waals surface area contributed by atoms with Crippen LogP contribution in [0, 0.1) is 5.82 Å². The number of nitrogens with one attached hydrogen (secondary N) is 3. The fourth-order valence-corrected chi connectivity index (χ4v) is 3.39. The van der Waals surface area contributed by atoms with Crippen LogP contribution in [0.15, 0.2) is 42.5 Å². The van der Waals surface area contributed by atoms with Crippen molar-refractivity contribution >= 4 is 28.5 Å². The Morgan fingerprint density at radius 2 is 2.11 bits per heavy atom. The van der Waals surface area contributed by atoms with Crippen LogP contribution in [-0.4, -0.2) is 28.3 Å². The monoisotopic (exact) mass is 366 g/mol. The Labute approximate surface area is 155 Å². The highest BCUT2D eigenvalue weighted by molar-refractivity contribution is 6.01. The van der Waals surface area contributed by atoms with Crippen molar-refractivity contribution in [1.82, 2.24) is 15.3 Å². The average molecular weight is 366 g/mol. The first kappa shape index (κ1) is 17.2. The van der Waals surface area contributed by atoms with Crippen molar-refractivity contribution in [2.75, 3.05) is 11.9 Å². The van der Waals surface area contributed by atoms with Crippen molar-refractivity contribution < 1.29 is 14.0 Å². The number of H-pyrrole nitrogens is 1. The summed E-state index contributed by atoms with van der Waals surface area (Å²) in [6, 6.07) is 11.9. The van der Waals surface area contributed by atoms with Crippen LogP contribution in [0.1, 0.15) is 30.1 Å². The van der Waals surface area contributed by atoms with E-state index in [1.54, 1.807) is 6.07 Å². The molecule has 0 fully saturated rings. The fourth-order valence-electron chi connectivity index (χ4n) is 3.39. The number of aryl methyl sites for hydroxylation is 1. The van der Waals surface area contributed by atoms with Gasteiger partial charge in [0.25, 0.3) is 0 Å². The SMILES string of the molecule is O=C1CC(C(=O)NCCCc2nc3ccccc3[nH]2)c2ccc(F)cc2N1. The first-order valence-corrected chi connectivity index (χ1v) is 8.91. The molecule has 1 aliphatic heterocycles. The Morgan fingerprint density at radius 3 is 2.96 bits per heavy atom. The highest BCUT2D eigenvalue weighted by Crippen LogP contribution is 2.32. The number of nitrogens with zero attached hydrogens (tertiary/aromatic N) is 1. The second-order valence-electron chi connectivity index (χ2n) is 6.63. The number of fused-ring (bicyclic) bond motifs is 2. The van der Waals surface area contributed by atoms with E-state index in [-0.39, 0.29) is 18.2 Å². The molecule has 0 aliphatic carbocycles. The van der Waals surface area contributed by atoms with Crippen LogP contribution in [0.4, 0.5) is 10.1 Å². The van der Waals surface area contributed by atoms with Gasteiger partial charge in [0.05, 0.1) is 17.0 Å². The summed E-state index contributed by atoms with van der Waals surface area (Å²) in [6.07, 6.45) is 1.50. The minimum Gasteiger partial charge on any atom is -0.356 e. The Hall–Kier alpha value is -3.22. The zero-order valence-electron chi connectivity index (χ0n) is 14.6. The predicted molar refractivity (Wildman–Crippen MR) is 99.8 cm³/mol. The minimum atomic E-state index is -0.597. The molecule has 27 heavy (non-hydrogen) atoms. The Bertz CT molecular complexity index is 981. The van der Waals surface area contributed by atoms with E-state index in [9.17, 15) is 14.0 Å². The number of halogens is 1. The van der Waals surface area contributed by atoms with Crippen molar-refractivity contribution in [3.05, 3.63) is 59.7 Å². The van der Waals surface area contributed by atoms with E-state index in [0.717, 1.165) is 23.3 Å². The van der Waals surface area contributed by atoms with Crippen molar-refractivity contribution in [2.24, 2.45) is 0 Å². The number of aromatic nitrogens is 2. The first-order chi connectivity index (χ1) is 13.1. The zero-order chi connectivity index (χ0) is 18.8. The van der Waals surface area contributed by atoms with E-state index in [1.807, 2.05) is 24.3 Å². The molecule has 4 rings (SSSR count). The second-order valence-corrected chi connectivity index (χ2v) is 6.63. The third-order valence-electron chi connectivity index (χ3n) is 4.70. The second kappa shape index (κ2) is 7.19. The van der Waals surface area contributed by atoms with Gasteiger partial charge in [-0.3, -0.25) is 9.59 Å². The van der Waals surface area contributed by atoms with Crippen LogP contribution < -0.4 is 10.6 Å². The summed E-state index contributed by atoms with van der Waals surface area (Å²) < 4.78 is 13.4. The summed E-state index contributed by atoms with van der Waals surface area (Å²) >= 11 is 0. The van der Waals surface area contributed by atoms with Gasteiger partial charge in [-0.05, 0) is 36.2 Å². The van der Waals surface area contributed by atoms with E-state index in [4.69, 9.17) is 0 Å². The van der Waals surface area contributed by atoms with Gasteiger partial charge >= 0.3 is 0 Å². The summed E-state index contributed by atoms with van der Waals surface area (Å²) in [6.45, 7) is 0.477. The maximum absolute atomic E-state index is 13.4. The Kier molecular flexibility index (Phi) is 4.58. The number of amides is 2. The topological polar surface area (TPSA) is 86.9 Å². The molecule has 0 bridgehead atoms. The average Bonchev–Trinajstić information content (AvgIpc) is 3.06. The normalized spacial score (nSPS) is 16.0. The van der Waals surface area contributed by atoms with Gasteiger partial charge in [0.2, 0.25) is 11.8 Å². The Balaban J connectivity index is 1.35. The van der Waals surface area contributed by atoms with Crippen molar-refractivity contribution in [2.45, 2.75) is 25.2 Å². The number of aromatic amines is 1. The van der Waals surface area contributed by atoms with Gasteiger partial charge < -0.3 is 15.6 Å². The van der Waals surface area contributed by atoms with Gasteiger partial charge in [-0.2, -0.15) is 0 Å². The van der Waals surface area contributed by atoms with E-state index >= 15 is 0 Å². The molecule has 138 valence electrons. The molecule has 1 unspecified atom stereocenters. The largest absolute Gasteiger partial charge is 0.356 e. The van der Waals surface area contributed by atoms with E-state index in [2.05, 4.69) is 20.6 Å². The number of hydrogen-bond donors (Lipinski definition) is 3. The summed E-state index contributed by atoms with van der Waals surface area (Å²) in [7, 11) is 0. The highest BCUT2D eigenvalue weighted by Gasteiger charge is 2.30. The molecule has 1 aromatic heterocycles. The molecule has 2 amide bonds. The van der Waals surface area contributed by atoms with Gasteiger partial charge in [0, 0.05) is 25.1 Å². The molecular weight excluding hydrogens is 347 g/mol. The summed E-state index contributed by atoms with van der Waals surface area (Å²) in [4.78, 5) is 32.1. The quantitative estimate of drug-likeness (QED) is 0.607. The van der Waals surface area contributed by atoms with Crippen molar-refractivity contribution in [3.8, 4) is 0 Å². The van der Waals surface area contributed by atoms with Crippen LogP contribution in [0.3, 0.4) is 0 Å². The van der Waals surface area contributed by atoms with Gasteiger partial charge in [-0.1, -0.05) is 18.2 Å². The lowest BCUT2D eigenvalue weighted by Gasteiger charge is -2.24. The molecule has 6 nitrogen and oxygen atoms in total. The van der Waals surface area contributed by atoms with Crippen LogP contribution >= 0.6 is 0 Å². The van der Waals surface area contributed by atoms with Gasteiger partial charge in [0.15, 0.2) is 0 Å². The van der Waals surface area contributed by atoms with Crippen LogP contribution in [0.25, 0.3) is 11.0 Å². The Morgan fingerprint density at radius 1 is 1.26 bits per heavy atom. The highest BCUT2D eigenvalue weighted by atomic mass is 19.1. The lowest BCUT2D eigenvalue weighted by atomic mass is 9.89. The summed E-state index contributed by atoms with van der Waals surface area (Å²) in [5.41, 5.74) is 2.93. The maximum atomic E-state index is 13.4. The molecule has 2 aromatic carbocycles. The van der Waals surface area contributed by atoms with Gasteiger partial charge in [-0.15, -0.1) is 0 Å². The number of rotatable bonds is 5. The number of para-hydroxylation sites is 2. The van der Waals surface area contributed by atoms with Gasteiger partial charge in [-0.25, -0.2) is 9.37 Å². The lowest BCUT2D eigenvalue weighted by molar-refractivity contribution is -0.126. The summed E-state index contributed by atoms with van der Waals surface area (Å²) in [5, 5.41) is 5.49. The maximum Gasteiger partial charge on any atom is 0.228 e. The van der Waals surface area contributed by atoms with E-state index < -0.39 is 11.7 Å². The third-order valence-corrected chi connectivity index (χ3v) is 4.70. The minimum absolute atomic E-state index is 0.0635. The van der Waals surface area contributed by atoms with Crippen LogP contribution in [0.5, 0.6) is 0 Å². The number of hydrogen-bond acceptors (Lipinski definition) is 3. The number of anilines is 1. The molecule has 3 N–H and O–H groups in total. The van der Waals surface area contributed by atoms with Gasteiger partial charge in [0.1, 0.15) is 11.6 Å². The summed E-state index contributed by atoms with van der Waals surface area (Å²) in [5.74, 6) is -0.664. The standard InChI is InChI=1S/C20H19FN4O2/c21-12-7-8-13-14(11-19(26)25-17(13)10-12)20(27)22-9-3-6-18-23-15-4-1-2-5-16(15)24-18/h1-2,4-5,7-8,10,14H,3,6,9,11H2,(H,22,27)(H,23,24)(H,25,26). The number of carbonyl (C=O) groups is 2. The van der Waals surface area contributed by atoms with E-state index in [0.29, 0.717) is 24.2 Å². The molecule has 3 aromatic rings. The molecule has 7 heteroatoms.